The van der Waals surface area contributed by atoms with Crippen molar-refractivity contribution in [3.8, 4) is 0 Å². The molecule has 0 bridgehead atoms. The van der Waals surface area contributed by atoms with Gasteiger partial charge in [0.15, 0.2) is 11.6 Å². The molecule has 7 nitrogen and oxygen atoms in total. The number of pyridine rings is 1. The third-order valence-corrected chi connectivity index (χ3v) is 6.80. The number of hydrogen-bond donors (Lipinski definition) is 1. The van der Waals surface area contributed by atoms with Crippen molar-refractivity contribution < 1.29 is 21.9 Å². The van der Waals surface area contributed by atoms with E-state index in [9.17, 15) is 17.2 Å². The maximum atomic E-state index is 13.3. The lowest BCUT2D eigenvalue weighted by atomic mass is 10.1. The van der Waals surface area contributed by atoms with E-state index >= 15 is 0 Å². The zero-order valence-corrected chi connectivity index (χ0v) is 17.2. The summed E-state index contributed by atoms with van der Waals surface area (Å²) >= 11 is 0. The maximum absolute atomic E-state index is 13.3. The Morgan fingerprint density at radius 2 is 1.90 bits per heavy atom. The lowest BCUT2D eigenvalue weighted by molar-refractivity contribution is 0.0320. The number of anilines is 2. The molecule has 0 aliphatic carbocycles. The van der Waals surface area contributed by atoms with Crippen LogP contribution in [0.1, 0.15) is 6.42 Å². The van der Waals surface area contributed by atoms with E-state index in [1.807, 2.05) is 0 Å². The second-order valence-electron chi connectivity index (χ2n) is 7.60. The number of nitrogens with zero attached hydrogens (tertiary/aromatic N) is 3. The molecule has 0 saturated carbocycles. The molecule has 10 heteroatoms. The summed E-state index contributed by atoms with van der Waals surface area (Å²) in [5.74, 6) is -0.888. The van der Waals surface area contributed by atoms with Crippen LogP contribution in [0.15, 0.2) is 41.4 Å². The summed E-state index contributed by atoms with van der Waals surface area (Å²) in [6.45, 7) is 6.28. The molecule has 162 valence electrons. The van der Waals surface area contributed by atoms with Crippen LogP contribution >= 0.6 is 0 Å². The van der Waals surface area contributed by atoms with Gasteiger partial charge >= 0.3 is 0 Å². The average Bonchev–Trinajstić information content (AvgIpc) is 3.20. The van der Waals surface area contributed by atoms with E-state index in [1.54, 1.807) is 6.07 Å². The molecule has 3 heterocycles. The van der Waals surface area contributed by atoms with Gasteiger partial charge in [-0.3, -0.25) is 9.62 Å². The first-order valence-corrected chi connectivity index (χ1v) is 11.4. The predicted molar refractivity (Wildman–Crippen MR) is 109 cm³/mol. The van der Waals surface area contributed by atoms with Gasteiger partial charge in [-0.15, -0.1) is 0 Å². The molecule has 2 aliphatic rings. The normalized spacial score (nSPS) is 20.5. The SMILES string of the molecule is O=S(=O)(Nc1ccc(F)c(F)c1)c1ccc(N2CCC(CN3CCOCC3)C2)nc1. The van der Waals surface area contributed by atoms with Gasteiger partial charge in [-0.25, -0.2) is 22.2 Å². The number of aromatic nitrogens is 1. The van der Waals surface area contributed by atoms with Gasteiger partial charge in [-0.2, -0.15) is 0 Å². The topological polar surface area (TPSA) is 74.8 Å². The second-order valence-corrected chi connectivity index (χ2v) is 9.28. The van der Waals surface area contributed by atoms with Crippen molar-refractivity contribution in [3.05, 3.63) is 48.2 Å². The molecule has 2 aliphatic heterocycles. The standard InChI is InChI=1S/C20H24F2N4O3S/c21-18-3-1-16(11-19(18)22)24-30(27,28)17-2-4-20(23-12-17)26-6-5-15(14-26)13-25-7-9-29-10-8-25/h1-4,11-12,15,24H,5-10,13-14H2. The number of nitrogens with one attached hydrogen (secondary N) is 1. The van der Waals surface area contributed by atoms with Gasteiger partial charge in [0.1, 0.15) is 10.7 Å². The van der Waals surface area contributed by atoms with Crippen LogP contribution in [0, 0.1) is 17.6 Å². The molecule has 0 amide bonds. The number of ether oxygens (including phenoxy) is 1. The summed E-state index contributed by atoms with van der Waals surface area (Å²) in [4.78, 5) is 8.86. The minimum Gasteiger partial charge on any atom is -0.379 e. The third kappa shape index (κ3) is 4.88. The maximum Gasteiger partial charge on any atom is 0.263 e. The zero-order chi connectivity index (χ0) is 21.1. The number of benzene rings is 1. The monoisotopic (exact) mass is 438 g/mol. The Bertz CT molecular complexity index is 982. The van der Waals surface area contributed by atoms with Crippen molar-refractivity contribution in [3.63, 3.8) is 0 Å². The quantitative estimate of drug-likeness (QED) is 0.746. The van der Waals surface area contributed by atoms with Crippen LogP contribution in [-0.4, -0.2) is 64.2 Å². The van der Waals surface area contributed by atoms with Crippen molar-refractivity contribution in [2.45, 2.75) is 11.3 Å². The lowest BCUT2D eigenvalue weighted by Crippen LogP contribution is -2.39. The van der Waals surface area contributed by atoms with Gasteiger partial charge in [0.25, 0.3) is 10.0 Å². The molecular formula is C20H24F2N4O3S. The van der Waals surface area contributed by atoms with E-state index < -0.39 is 21.7 Å². The predicted octanol–water partition coefficient (Wildman–Crippen LogP) is 2.32. The zero-order valence-electron chi connectivity index (χ0n) is 16.4. The average molecular weight is 439 g/mol. The Labute approximate surface area is 174 Å². The van der Waals surface area contributed by atoms with E-state index in [1.165, 1.54) is 12.3 Å². The highest BCUT2D eigenvalue weighted by Crippen LogP contribution is 2.25. The van der Waals surface area contributed by atoms with Gasteiger partial charge in [-0.05, 0) is 36.6 Å². The molecule has 2 fully saturated rings. The minimum atomic E-state index is -3.95. The summed E-state index contributed by atoms with van der Waals surface area (Å²) in [7, 11) is -3.95. The van der Waals surface area contributed by atoms with Crippen LogP contribution in [0.5, 0.6) is 0 Å². The van der Waals surface area contributed by atoms with Gasteiger partial charge in [0, 0.05) is 45.0 Å². The molecule has 2 aromatic rings. The van der Waals surface area contributed by atoms with E-state index in [4.69, 9.17) is 4.74 Å². The summed E-state index contributed by atoms with van der Waals surface area (Å²) in [5.41, 5.74) is -0.0523. The van der Waals surface area contributed by atoms with Crippen LogP contribution in [0.2, 0.25) is 0 Å². The summed E-state index contributed by atoms with van der Waals surface area (Å²) in [5, 5.41) is 0. The molecule has 2 saturated heterocycles. The Kier molecular flexibility index (Phi) is 6.16. The second kappa shape index (κ2) is 8.83. The third-order valence-electron chi connectivity index (χ3n) is 5.43. The van der Waals surface area contributed by atoms with Crippen LogP contribution in [0.3, 0.4) is 0 Å². The molecule has 1 N–H and O–H groups in total. The molecule has 1 unspecified atom stereocenters. The molecule has 0 radical (unpaired) electrons. The molecule has 1 atom stereocenters. The van der Waals surface area contributed by atoms with Crippen molar-refractivity contribution >= 4 is 21.5 Å². The molecule has 4 rings (SSSR count). The van der Waals surface area contributed by atoms with Crippen molar-refractivity contribution in [2.24, 2.45) is 5.92 Å². The van der Waals surface area contributed by atoms with E-state index in [2.05, 4.69) is 19.5 Å². The number of sulfonamides is 1. The van der Waals surface area contributed by atoms with Crippen LogP contribution in [0.25, 0.3) is 0 Å². The summed E-state index contributed by atoms with van der Waals surface area (Å²) < 4.78 is 59.0. The first-order chi connectivity index (χ1) is 14.4. The fourth-order valence-corrected chi connectivity index (χ4v) is 4.82. The Morgan fingerprint density at radius 3 is 2.60 bits per heavy atom. The number of rotatable bonds is 6. The highest BCUT2D eigenvalue weighted by Gasteiger charge is 2.26. The largest absolute Gasteiger partial charge is 0.379 e. The molecule has 30 heavy (non-hydrogen) atoms. The summed E-state index contributed by atoms with van der Waals surface area (Å²) in [6.07, 6.45) is 2.35. The lowest BCUT2D eigenvalue weighted by Gasteiger charge is -2.29. The fraction of sp³-hybridized carbons (Fsp3) is 0.450. The highest BCUT2D eigenvalue weighted by molar-refractivity contribution is 7.92. The van der Waals surface area contributed by atoms with Gasteiger partial charge in [0.2, 0.25) is 0 Å². The van der Waals surface area contributed by atoms with E-state index in [-0.39, 0.29) is 10.6 Å². The Hall–Kier alpha value is -2.30. The van der Waals surface area contributed by atoms with E-state index in [0.717, 1.165) is 76.4 Å². The number of hydrogen-bond acceptors (Lipinski definition) is 6. The van der Waals surface area contributed by atoms with Crippen molar-refractivity contribution in [1.29, 1.82) is 0 Å². The Morgan fingerprint density at radius 1 is 1.10 bits per heavy atom. The van der Waals surface area contributed by atoms with Crippen molar-refractivity contribution in [2.75, 3.05) is 55.6 Å². The molecule has 1 aromatic heterocycles. The minimum absolute atomic E-state index is 0.0416. The first kappa shape index (κ1) is 21.0. The number of halogens is 2. The van der Waals surface area contributed by atoms with Gasteiger partial charge in [-0.1, -0.05) is 0 Å². The van der Waals surface area contributed by atoms with Crippen LogP contribution in [0.4, 0.5) is 20.3 Å². The number of morpholine rings is 1. The highest BCUT2D eigenvalue weighted by atomic mass is 32.2. The molecule has 1 aromatic carbocycles. The smallest absolute Gasteiger partial charge is 0.263 e. The van der Waals surface area contributed by atoms with Crippen LogP contribution in [-0.2, 0) is 14.8 Å². The van der Waals surface area contributed by atoms with Gasteiger partial charge in [0.05, 0.1) is 18.9 Å². The first-order valence-electron chi connectivity index (χ1n) is 9.90. The van der Waals surface area contributed by atoms with Crippen LogP contribution < -0.4 is 9.62 Å². The summed E-state index contributed by atoms with van der Waals surface area (Å²) in [6, 6.07) is 5.98. The van der Waals surface area contributed by atoms with Crippen molar-refractivity contribution in [1.82, 2.24) is 9.88 Å². The van der Waals surface area contributed by atoms with E-state index in [0.29, 0.717) is 5.92 Å². The molecular weight excluding hydrogens is 414 g/mol. The van der Waals surface area contributed by atoms with Gasteiger partial charge < -0.3 is 9.64 Å². The Balaban J connectivity index is 1.38. The fourth-order valence-electron chi connectivity index (χ4n) is 3.83. The molecule has 0 spiro atoms.